The maximum atomic E-state index is 11.5. The molecular formula is C16H14O3. The van der Waals surface area contributed by atoms with E-state index in [0.29, 0.717) is 0 Å². The van der Waals surface area contributed by atoms with Gasteiger partial charge in [0, 0.05) is 0 Å². The Labute approximate surface area is 111 Å². The molecule has 2 aromatic carbocycles. The van der Waals surface area contributed by atoms with E-state index in [4.69, 9.17) is 9.47 Å². The number of cyclic esters (lactones) is 2. The van der Waals surface area contributed by atoms with Crippen molar-refractivity contribution in [1.82, 2.24) is 0 Å². The summed E-state index contributed by atoms with van der Waals surface area (Å²) in [4.78, 5) is 11.5. The summed E-state index contributed by atoms with van der Waals surface area (Å²) in [6.07, 6.45) is -1.37. The molecule has 3 rings (SSSR count). The zero-order valence-corrected chi connectivity index (χ0v) is 10.6. The average Bonchev–Trinajstić information content (AvgIpc) is 2.82. The molecule has 0 radical (unpaired) electrons. The van der Waals surface area contributed by atoms with Crippen LogP contribution in [0, 0.1) is 6.92 Å². The highest BCUT2D eigenvalue weighted by Gasteiger charge is 2.39. The molecule has 2 aromatic rings. The van der Waals surface area contributed by atoms with E-state index in [0.717, 1.165) is 16.7 Å². The molecule has 0 amide bonds. The van der Waals surface area contributed by atoms with Crippen LogP contribution < -0.4 is 0 Å². The number of hydrogen-bond donors (Lipinski definition) is 0. The molecule has 0 aliphatic carbocycles. The van der Waals surface area contributed by atoms with Gasteiger partial charge in [-0.1, -0.05) is 54.6 Å². The first-order valence-electron chi connectivity index (χ1n) is 6.23. The van der Waals surface area contributed by atoms with Crippen molar-refractivity contribution in [2.75, 3.05) is 0 Å². The minimum absolute atomic E-state index is 0.379. The lowest BCUT2D eigenvalue weighted by atomic mass is 9.95. The largest absolute Gasteiger partial charge is 0.509 e. The summed E-state index contributed by atoms with van der Waals surface area (Å²) in [6, 6.07) is 17.6. The van der Waals surface area contributed by atoms with Crippen LogP contribution in [0.25, 0.3) is 0 Å². The molecule has 3 nitrogen and oxygen atoms in total. The van der Waals surface area contributed by atoms with Crippen molar-refractivity contribution in [1.29, 1.82) is 0 Å². The van der Waals surface area contributed by atoms with Crippen LogP contribution >= 0.6 is 0 Å². The molecule has 1 aliphatic rings. The second kappa shape index (κ2) is 4.76. The molecule has 1 aliphatic heterocycles. The van der Waals surface area contributed by atoms with Gasteiger partial charge in [0.1, 0.15) is 0 Å². The average molecular weight is 254 g/mol. The molecule has 0 bridgehead atoms. The monoisotopic (exact) mass is 254 g/mol. The third-order valence-corrected chi connectivity index (χ3v) is 3.34. The molecule has 19 heavy (non-hydrogen) atoms. The van der Waals surface area contributed by atoms with E-state index in [1.54, 1.807) is 0 Å². The van der Waals surface area contributed by atoms with Gasteiger partial charge >= 0.3 is 6.16 Å². The van der Waals surface area contributed by atoms with Gasteiger partial charge in [0.25, 0.3) is 0 Å². The van der Waals surface area contributed by atoms with Crippen LogP contribution in [-0.4, -0.2) is 6.16 Å². The lowest BCUT2D eigenvalue weighted by molar-refractivity contribution is 0.116. The molecule has 0 spiro atoms. The molecule has 0 N–H and O–H groups in total. The van der Waals surface area contributed by atoms with Gasteiger partial charge in [-0.3, -0.25) is 0 Å². The fraction of sp³-hybridized carbons (Fsp3) is 0.188. The van der Waals surface area contributed by atoms with Crippen LogP contribution in [0.4, 0.5) is 4.79 Å². The quantitative estimate of drug-likeness (QED) is 0.761. The van der Waals surface area contributed by atoms with Crippen LogP contribution in [0.5, 0.6) is 0 Å². The Morgan fingerprint density at radius 2 is 1.47 bits per heavy atom. The van der Waals surface area contributed by atoms with E-state index in [2.05, 4.69) is 0 Å². The molecule has 0 unspecified atom stereocenters. The van der Waals surface area contributed by atoms with E-state index in [1.165, 1.54) is 0 Å². The van der Waals surface area contributed by atoms with Crippen LogP contribution in [0.1, 0.15) is 28.9 Å². The Hall–Kier alpha value is -2.29. The molecule has 0 aromatic heterocycles. The van der Waals surface area contributed by atoms with Gasteiger partial charge in [0.15, 0.2) is 12.2 Å². The van der Waals surface area contributed by atoms with E-state index in [9.17, 15) is 4.79 Å². The predicted molar refractivity (Wildman–Crippen MR) is 70.7 cm³/mol. The van der Waals surface area contributed by atoms with Gasteiger partial charge in [-0.15, -0.1) is 0 Å². The standard InChI is InChI=1S/C16H14O3/c1-11-7-5-6-10-13(11)15-14(18-16(17)19-15)12-8-3-2-4-9-12/h2-10,14-15H,1H3/t14-,15-/m1/s1. The highest BCUT2D eigenvalue weighted by atomic mass is 16.8. The summed E-state index contributed by atoms with van der Waals surface area (Å²) in [5.41, 5.74) is 3.02. The molecule has 1 saturated heterocycles. The van der Waals surface area contributed by atoms with Crippen molar-refractivity contribution in [3.8, 4) is 0 Å². The summed E-state index contributed by atoms with van der Waals surface area (Å²) in [6.45, 7) is 2.00. The predicted octanol–water partition coefficient (Wildman–Crippen LogP) is 3.94. The van der Waals surface area contributed by atoms with Crippen molar-refractivity contribution < 1.29 is 14.3 Å². The van der Waals surface area contributed by atoms with Gasteiger partial charge in [-0.2, -0.15) is 0 Å². The summed E-state index contributed by atoms with van der Waals surface area (Å²) in [7, 11) is 0. The van der Waals surface area contributed by atoms with E-state index in [-0.39, 0.29) is 12.2 Å². The summed E-state index contributed by atoms with van der Waals surface area (Å²) in [5.74, 6) is 0. The Bertz CT molecular complexity index is 592. The smallest absolute Gasteiger partial charge is 0.422 e. The topological polar surface area (TPSA) is 35.5 Å². The van der Waals surface area contributed by atoms with Crippen molar-refractivity contribution in [3.05, 3.63) is 71.3 Å². The van der Waals surface area contributed by atoms with Gasteiger partial charge in [0.05, 0.1) is 0 Å². The van der Waals surface area contributed by atoms with Gasteiger partial charge in [-0.25, -0.2) is 4.79 Å². The number of rotatable bonds is 2. The number of benzene rings is 2. The molecule has 1 heterocycles. The Morgan fingerprint density at radius 1 is 0.842 bits per heavy atom. The van der Waals surface area contributed by atoms with Crippen molar-refractivity contribution in [2.45, 2.75) is 19.1 Å². The number of ether oxygens (including phenoxy) is 2. The normalized spacial score (nSPS) is 21.8. The Morgan fingerprint density at radius 3 is 2.21 bits per heavy atom. The maximum Gasteiger partial charge on any atom is 0.509 e. The number of hydrogen-bond acceptors (Lipinski definition) is 3. The molecule has 3 heteroatoms. The zero-order valence-electron chi connectivity index (χ0n) is 10.6. The minimum Gasteiger partial charge on any atom is -0.422 e. The fourth-order valence-corrected chi connectivity index (χ4v) is 2.38. The third-order valence-electron chi connectivity index (χ3n) is 3.34. The van der Waals surface area contributed by atoms with Crippen LogP contribution in [-0.2, 0) is 9.47 Å². The Kier molecular flexibility index (Phi) is 2.95. The molecule has 0 saturated carbocycles. The van der Waals surface area contributed by atoms with Gasteiger partial charge in [-0.05, 0) is 23.6 Å². The van der Waals surface area contributed by atoms with Crippen molar-refractivity contribution >= 4 is 6.16 Å². The lowest BCUT2D eigenvalue weighted by Crippen LogP contribution is -2.08. The lowest BCUT2D eigenvalue weighted by Gasteiger charge is -2.17. The summed E-state index contributed by atoms with van der Waals surface area (Å²) < 4.78 is 10.6. The zero-order chi connectivity index (χ0) is 13.2. The van der Waals surface area contributed by atoms with E-state index >= 15 is 0 Å². The number of carbonyl (C=O) groups is 1. The highest BCUT2D eigenvalue weighted by Crippen LogP contribution is 2.41. The molecular weight excluding hydrogens is 240 g/mol. The fourth-order valence-electron chi connectivity index (χ4n) is 2.38. The van der Waals surface area contributed by atoms with Crippen molar-refractivity contribution in [2.24, 2.45) is 0 Å². The first-order chi connectivity index (χ1) is 9.25. The highest BCUT2D eigenvalue weighted by molar-refractivity contribution is 5.64. The summed E-state index contributed by atoms with van der Waals surface area (Å²) >= 11 is 0. The second-order valence-electron chi connectivity index (χ2n) is 4.59. The first kappa shape index (κ1) is 11.8. The second-order valence-corrected chi connectivity index (χ2v) is 4.59. The van der Waals surface area contributed by atoms with Crippen LogP contribution in [0.3, 0.4) is 0 Å². The number of aryl methyl sites for hydroxylation is 1. The minimum atomic E-state index is -0.609. The van der Waals surface area contributed by atoms with Gasteiger partial charge < -0.3 is 9.47 Å². The third kappa shape index (κ3) is 2.19. The van der Waals surface area contributed by atoms with Crippen molar-refractivity contribution in [3.63, 3.8) is 0 Å². The molecule has 2 atom stereocenters. The SMILES string of the molecule is Cc1ccccc1[C@H]1OC(=O)O[C@@H]1c1ccccc1. The maximum absolute atomic E-state index is 11.5. The van der Waals surface area contributed by atoms with E-state index < -0.39 is 6.16 Å². The Balaban J connectivity index is 2.00. The van der Waals surface area contributed by atoms with E-state index in [1.807, 2.05) is 61.5 Å². The molecule has 96 valence electrons. The van der Waals surface area contributed by atoms with Crippen LogP contribution in [0.2, 0.25) is 0 Å². The van der Waals surface area contributed by atoms with Crippen LogP contribution in [0.15, 0.2) is 54.6 Å². The summed E-state index contributed by atoms with van der Waals surface area (Å²) in [5, 5.41) is 0. The number of carbonyl (C=O) groups excluding carboxylic acids is 1. The molecule has 1 fully saturated rings. The van der Waals surface area contributed by atoms with Gasteiger partial charge in [0.2, 0.25) is 0 Å². The first-order valence-corrected chi connectivity index (χ1v) is 6.23.